The fourth-order valence-electron chi connectivity index (χ4n) is 1.13. The topological polar surface area (TPSA) is 42.6 Å². The summed E-state index contributed by atoms with van der Waals surface area (Å²) in [7, 11) is 0. The van der Waals surface area contributed by atoms with Gasteiger partial charge in [-0.25, -0.2) is 0 Å². The van der Waals surface area contributed by atoms with E-state index in [1.165, 1.54) is 0 Å². The van der Waals surface area contributed by atoms with Crippen molar-refractivity contribution >= 4 is 0 Å². The molecule has 0 radical (unpaired) electrons. The van der Waals surface area contributed by atoms with Crippen molar-refractivity contribution in [1.82, 2.24) is 0 Å². The maximum atomic E-state index is 9.52. The molecule has 1 aromatic heterocycles. The molecule has 0 spiro atoms. The molecule has 0 fully saturated rings. The third-order valence-corrected chi connectivity index (χ3v) is 1.69. The predicted octanol–water partition coefficient (Wildman–Crippen LogP) is 2.25. The first kappa shape index (κ1) is 8.97. The van der Waals surface area contributed by atoms with Crippen molar-refractivity contribution in [2.45, 2.75) is 27.2 Å². The molecular weight excluding hydrogens is 156 g/mol. The molecule has 0 amide bonds. The van der Waals surface area contributed by atoms with Gasteiger partial charge in [0.05, 0.1) is 6.61 Å². The number of hydrogen-bond donors (Lipinski definition) is 1. The Balaban J connectivity index is 3.01. The molecule has 68 valence electrons. The van der Waals surface area contributed by atoms with Gasteiger partial charge >= 0.3 is 0 Å². The van der Waals surface area contributed by atoms with E-state index in [-0.39, 0.29) is 5.75 Å². The normalized spacial score (nSPS) is 10.2. The van der Waals surface area contributed by atoms with Gasteiger partial charge in [-0.3, -0.25) is 0 Å². The number of aryl methyl sites for hydroxylation is 2. The molecule has 1 N–H and O–H groups in total. The highest BCUT2D eigenvalue weighted by Crippen LogP contribution is 2.36. The van der Waals surface area contributed by atoms with Crippen LogP contribution in [0.3, 0.4) is 0 Å². The van der Waals surface area contributed by atoms with Gasteiger partial charge in [0, 0.05) is 6.42 Å². The molecule has 0 aliphatic rings. The molecule has 1 heterocycles. The van der Waals surface area contributed by atoms with E-state index >= 15 is 0 Å². The Labute approximate surface area is 72.0 Å². The fourth-order valence-corrected chi connectivity index (χ4v) is 1.13. The Kier molecular flexibility index (Phi) is 2.63. The molecule has 3 heteroatoms. The predicted molar refractivity (Wildman–Crippen MR) is 45.7 cm³/mol. The standard InChI is InChI=1S/C9H14O3/c1-4-7-8(10)9(11-5-2)6(3)12-7/h10H,4-5H2,1-3H3. The Bertz CT molecular complexity index is 263. The first-order valence-corrected chi connectivity index (χ1v) is 4.14. The van der Waals surface area contributed by atoms with Gasteiger partial charge in [0.2, 0.25) is 11.5 Å². The third-order valence-electron chi connectivity index (χ3n) is 1.69. The van der Waals surface area contributed by atoms with Crippen LogP contribution in [0, 0.1) is 6.92 Å². The van der Waals surface area contributed by atoms with E-state index in [9.17, 15) is 5.11 Å². The summed E-state index contributed by atoms with van der Waals surface area (Å²) in [4.78, 5) is 0. The maximum Gasteiger partial charge on any atom is 0.202 e. The van der Waals surface area contributed by atoms with Gasteiger partial charge in [-0.1, -0.05) is 6.92 Å². The maximum absolute atomic E-state index is 9.52. The largest absolute Gasteiger partial charge is 0.502 e. The van der Waals surface area contributed by atoms with Gasteiger partial charge in [0.1, 0.15) is 11.5 Å². The average Bonchev–Trinajstić information content (AvgIpc) is 2.32. The lowest BCUT2D eigenvalue weighted by atomic mass is 10.3. The number of hydrogen-bond acceptors (Lipinski definition) is 3. The summed E-state index contributed by atoms with van der Waals surface area (Å²) in [6.07, 6.45) is 0.680. The molecule has 12 heavy (non-hydrogen) atoms. The zero-order chi connectivity index (χ0) is 9.14. The van der Waals surface area contributed by atoms with Crippen LogP contribution in [-0.2, 0) is 6.42 Å². The average molecular weight is 170 g/mol. The number of ether oxygens (including phenoxy) is 1. The Morgan fingerprint density at radius 1 is 1.42 bits per heavy atom. The summed E-state index contributed by atoms with van der Waals surface area (Å²) in [5.74, 6) is 1.87. The molecule has 1 rings (SSSR count). The molecule has 1 aromatic rings. The van der Waals surface area contributed by atoms with Crippen LogP contribution in [-0.4, -0.2) is 11.7 Å². The van der Waals surface area contributed by atoms with Crippen molar-refractivity contribution in [3.63, 3.8) is 0 Å². The second-order valence-electron chi connectivity index (χ2n) is 2.55. The van der Waals surface area contributed by atoms with Crippen LogP contribution >= 0.6 is 0 Å². The van der Waals surface area contributed by atoms with Gasteiger partial charge in [-0.15, -0.1) is 0 Å². The summed E-state index contributed by atoms with van der Waals surface area (Å²) in [6, 6.07) is 0. The highest BCUT2D eigenvalue weighted by Gasteiger charge is 2.16. The molecule has 0 aliphatic carbocycles. The van der Waals surface area contributed by atoms with E-state index in [2.05, 4.69) is 0 Å². The zero-order valence-electron chi connectivity index (χ0n) is 7.68. The molecule has 0 bridgehead atoms. The highest BCUT2D eigenvalue weighted by molar-refractivity contribution is 5.44. The molecule has 3 nitrogen and oxygen atoms in total. The molecule has 0 atom stereocenters. The first-order valence-electron chi connectivity index (χ1n) is 4.14. The van der Waals surface area contributed by atoms with Gasteiger partial charge in [-0.05, 0) is 13.8 Å². The van der Waals surface area contributed by atoms with E-state index in [0.29, 0.717) is 30.3 Å². The molecular formula is C9H14O3. The van der Waals surface area contributed by atoms with E-state index in [0.717, 1.165) is 0 Å². The monoisotopic (exact) mass is 170 g/mol. The summed E-state index contributed by atoms with van der Waals surface area (Å²) in [5.41, 5.74) is 0. The van der Waals surface area contributed by atoms with Crippen LogP contribution < -0.4 is 4.74 Å². The summed E-state index contributed by atoms with van der Waals surface area (Å²) in [6.45, 7) is 6.12. The van der Waals surface area contributed by atoms with Crippen LogP contribution in [0.4, 0.5) is 0 Å². The molecule has 0 aromatic carbocycles. The first-order chi connectivity index (χ1) is 5.70. The second-order valence-corrected chi connectivity index (χ2v) is 2.55. The zero-order valence-corrected chi connectivity index (χ0v) is 7.68. The van der Waals surface area contributed by atoms with E-state index in [4.69, 9.17) is 9.15 Å². The molecule has 0 saturated carbocycles. The van der Waals surface area contributed by atoms with Gasteiger partial charge in [0.15, 0.2) is 0 Å². The lowest BCUT2D eigenvalue weighted by Gasteiger charge is -1.99. The highest BCUT2D eigenvalue weighted by atomic mass is 16.5. The van der Waals surface area contributed by atoms with Crippen molar-refractivity contribution in [2.24, 2.45) is 0 Å². The number of rotatable bonds is 3. The van der Waals surface area contributed by atoms with E-state index in [1.54, 1.807) is 6.92 Å². The van der Waals surface area contributed by atoms with Crippen LogP contribution in [0.2, 0.25) is 0 Å². The molecule has 0 aliphatic heterocycles. The minimum atomic E-state index is 0.150. The number of furan rings is 1. The van der Waals surface area contributed by atoms with Crippen LogP contribution in [0.15, 0.2) is 4.42 Å². The fraction of sp³-hybridized carbons (Fsp3) is 0.556. The minimum absolute atomic E-state index is 0.150. The van der Waals surface area contributed by atoms with Crippen molar-refractivity contribution in [3.05, 3.63) is 11.5 Å². The third kappa shape index (κ3) is 1.40. The lowest BCUT2D eigenvalue weighted by molar-refractivity contribution is 0.315. The van der Waals surface area contributed by atoms with Crippen LogP contribution in [0.1, 0.15) is 25.4 Å². The van der Waals surface area contributed by atoms with Crippen molar-refractivity contribution in [3.8, 4) is 11.5 Å². The lowest BCUT2D eigenvalue weighted by Crippen LogP contribution is -1.91. The van der Waals surface area contributed by atoms with E-state index in [1.807, 2.05) is 13.8 Å². The molecule has 0 saturated heterocycles. The van der Waals surface area contributed by atoms with Gasteiger partial charge < -0.3 is 14.3 Å². The summed E-state index contributed by atoms with van der Waals surface area (Å²) in [5, 5.41) is 9.52. The van der Waals surface area contributed by atoms with Gasteiger partial charge in [-0.2, -0.15) is 0 Å². The van der Waals surface area contributed by atoms with Gasteiger partial charge in [0.25, 0.3) is 0 Å². The quantitative estimate of drug-likeness (QED) is 0.756. The summed E-state index contributed by atoms with van der Waals surface area (Å²) >= 11 is 0. The van der Waals surface area contributed by atoms with E-state index < -0.39 is 0 Å². The number of aromatic hydroxyl groups is 1. The van der Waals surface area contributed by atoms with Crippen LogP contribution in [0.5, 0.6) is 11.5 Å². The molecule has 0 unspecified atom stereocenters. The summed E-state index contributed by atoms with van der Waals surface area (Å²) < 4.78 is 10.5. The van der Waals surface area contributed by atoms with Crippen molar-refractivity contribution in [2.75, 3.05) is 6.61 Å². The van der Waals surface area contributed by atoms with Crippen LogP contribution in [0.25, 0.3) is 0 Å². The Morgan fingerprint density at radius 3 is 2.50 bits per heavy atom. The second kappa shape index (κ2) is 3.52. The SMILES string of the molecule is CCOc1c(C)oc(CC)c1O. The van der Waals surface area contributed by atoms with Crippen molar-refractivity contribution in [1.29, 1.82) is 0 Å². The Morgan fingerprint density at radius 2 is 2.08 bits per heavy atom. The minimum Gasteiger partial charge on any atom is -0.502 e. The smallest absolute Gasteiger partial charge is 0.202 e. The Hall–Kier alpha value is -1.12. The van der Waals surface area contributed by atoms with Crippen molar-refractivity contribution < 1.29 is 14.3 Å².